The van der Waals surface area contributed by atoms with Gasteiger partial charge in [-0.1, -0.05) is 17.3 Å². The number of carbonyl (C=O) groups is 1. The van der Waals surface area contributed by atoms with E-state index in [2.05, 4.69) is 20.9 Å². The van der Waals surface area contributed by atoms with Gasteiger partial charge in [-0.15, -0.1) is 5.10 Å². The summed E-state index contributed by atoms with van der Waals surface area (Å²) in [6, 6.07) is 4.72. The predicted octanol–water partition coefficient (Wildman–Crippen LogP) is -0.256. The molecule has 1 amide bonds. The Bertz CT molecular complexity index is 863. The largest absolute Gasteiger partial charge is 0.405 e. The minimum atomic E-state index is -4.47. The van der Waals surface area contributed by atoms with Crippen LogP contribution < -0.4 is 16.2 Å². The molecule has 0 aliphatic carbocycles. The number of alkyl halides is 3. The van der Waals surface area contributed by atoms with Crippen molar-refractivity contribution in [2.24, 2.45) is 0 Å². The zero-order valence-corrected chi connectivity index (χ0v) is 14.4. The van der Waals surface area contributed by atoms with Crippen LogP contribution in [0.3, 0.4) is 0 Å². The summed E-state index contributed by atoms with van der Waals surface area (Å²) in [5.74, 6) is -0.730. The van der Waals surface area contributed by atoms with E-state index in [0.29, 0.717) is 18.6 Å². The van der Waals surface area contributed by atoms with Crippen molar-refractivity contribution in [1.82, 2.24) is 30.5 Å². The van der Waals surface area contributed by atoms with Gasteiger partial charge < -0.3 is 10.6 Å². The lowest BCUT2D eigenvalue weighted by molar-refractivity contribution is -0.184. The predicted molar refractivity (Wildman–Crippen MR) is 91.1 cm³/mol. The van der Waals surface area contributed by atoms with E-state index >= 15 is 0 Å². The molecule has 0 radical (unpaired) electrons. The van der Waals surface area contributed by atoms with E-state index in [1.54, 1.807) is 24.3 Å². The normalized spacial score (nSPS) is 17.0. The summed E-state index contributed by atoms with van der Waals surface area (Å²) >= 11 is 0. The van der Waals surface area contributed by atoms with E-state index in [9.17, 15) is 22.8 Å². The number of hydrogen-bond donors (Lipinski definition) is 2. The fourth-order valence-electron chi connectivity index (χ4n) is 2.98. The van der Waals surface area contributed by atoms with Crippen molar-refractivity contribution in [2.75, 3.05) is 32.7 Å². The standard InChI is InChI=1S/C16H19F3N6O2/c17-16(18,19)13(24-7-5-20-6-8-24)9-21-14(26)10-25-15(27)11-3-1-2-4-12(11)22-23-25/h1-4,13,20H,5-10H2,(H,21,26). The molecule has 1 aliphatic rings. The number of aromatic nitrogens is 3. The van der Waals surface area contributed by atoms with Crippen LogP contribution >= 0.6 is 0 Å². The summed E-state index contributed by atoms with van der Waals surface area (Å²) in [7, 11) is 0. The van der Waals surface area contributed by atoms with Crippen molar-refractivity contribution >= 4 is 16.8 Å². The lowest BCUT2D eigenvalue weighted by Crippen LogP contribution is -2.57. The van der Waals surface area contributed by atoms with Crippen LogP contribution in [0.15, 0.2) is 29.1 Å². The zero-order chi connectivity index (χ0) is 19.4. The highest BCUT2D eigenvalue weighted by atomic mass is 19.4. The molecule has 2 aromatic rings. The van der Waals surface area contributed by atoms with Gasteiger partial charge in [0.15, 0.2) is 0 Å². The number of carbonyl (C=O) groups excluding carboxylic acids is 1. The molecule has 1 aromatic carbocycles. The molecule has 0 bridgehead atoms. The maximum Gasteiger partial charge on any atom is 0.405 e. The number of rotatable bonds is 5. The van der Waals surface area contributed by atoms with Crippen LogP contribution in [0.1, 0.15) is 0 Å². The van der Waals surface area contributed by atoms with Gasteiger partial charge in [-0.3, -0.25) is 14.5 Å². The molecule has 1 atom stereocenters. The fourth-order valence-corrected chi connectivity index (χ4v) is 2.98. The molecular weight excluding hydrogens is 365 g/mol. The van der Waals surface area contributed by atoms with Gasteiger partial charge in [-0.05, 0) is 12.1 Å². The number of nitrogens with one attached hydrogen (secondary N) is 2. The monoisotopic (exact) mass is 384 g/mol. The van der Waals surface area contributed by atoms with Crippen molar-refractivity contribution in [3.05, 3.63) is 34.6 Å². The van der Waals surface area contributed by atoms with Crippen LogP contribution in [0.5, 0.6) is 0 Å². The van der Waals surface area contributed by atoms with Crippen molar-refractivity contribution < 1.29 is 18.0 Å². The van der Waals surface area contributed by atoms with E-state index in [1.165, 1.54) is 4.90 Å². The lowest BCUT2D eigenvalue weighted by Gasteiger charge is -2.35. The zero-order valence-electron chi connectivity index (χ0n) is 14.4. The quantitative estimate of drug-likeness (QED) is 0.738. The van der Waals surface area contributed by atoms with Crippen molar-refractivity contribution in [1.29, 1.82) is 0 Å². The number of fused-ring (bicyclic) bond motifs is 1. The highest BCUT2D eigenvalue weighted by Gasteiger charge is 2.43. The molecule has 8 nitrogen and oxygen atoms in total. The second-order valence-corrected chi connectivity index (χ2v) is 6.22. The second kappa shape index (κ2) is 8.01. The Morgan fingerprint density at radius 2 is 1.96 bits per heavy atom. The lowest BCUT2D eigenvalue weighted by atomic mass is 10.2. The van der Waals surface area contributed by atoms with Crippen LogP contribution in [0, 0.1) is 0 Å². The third-order valence-corrected chi connectivity index (χ3v) is 4.39. The Morgan fingerprint density at radius 1 is 1.26 bits per heavy atom. The third kappa shape index (κ3) is 4.61. The van der Waals surface area contributed by atoms with Gasteiger partial charge >= 0.3 is 6.18 Å². The van der Waals surface area contributed by atoms with E-state index in [-0.39, 0.29) is 18.5 Å². The number of halogens is 3. The number of hydrogen-bond acceptors (Lipinski definition) is 6. The maximum atomic E-state index is 13.3. The topological polar surface area (TPSA) is 92.1 Å². The number of nitrogens with zero attached hydrogens (tertiary/aromatic N) is 4. The molecule has 146 valence electrons. The van der Waals surface area contributed by atoms with E-state index in [0.717, 1.165) is 4.68 Å². The average molecular weight is 384 g/mol. The van der Waals surface area contributed by atoms with Gasteiger partial charge in [0.05, 0.1) is 5.39 Å². The maximum absolute atomic E-state index is 13.3. The van der Waals surface area contributed by atoms with Crippen molar-refractivity contribution in [2.45, 2.75) is 18.8 Å². The van der Waals surface area contributed by atoms with Crippen molar-refractivity contribution in [3.63, 3.8) is 0 Å². The molecule has 1 aliphatic heterocycles. The van der Waals surface area contributed by atoms with Crippen LogP contribution in [0.25, 0.3) is 10.9 Å². The minimum absolute atomic E-state index is 0.246. The number of amides is 1. The Kier molecular flexibility index (Phi) is 5.71. The molecule has 1 saturated heterocycles. The smallest absolute Gasteiger partial charge is 0.353 e. The molecule has 2 heterocycles. The molecule has 1 aromatic heterocycles. The van der Waals surface area contributed by atoms with Crippen molar-refractivity contribution in [3.8, 4) is 0 Å². The Balaban J connectivity index is 1.66. The Morgan fingerprint density at radius 3 is 2.67 bits per heavy atom. The van der Waals surface area contributed by atoms with Gasteiger partial charge in [-0.25, -0.2) is 4.68 Å². The number of benzene rings is 1. The summed E-state index contributed by atoms with van der Waals surface area (Å²) in [5, 5.41) is 13.0. The summed E-state index contributed by atoms with van der Waals surface area (Å²) in [6.07, 6.45) is -4.47. The molecule has 11 heteroatoms. The van der Waals surface area contributed by atoms with Gasteiger partial charge in [0, 0.05) is 32.7 Å². The summed E-state index contributed by atoms with van der Waals surface area (Å²) in [4.78, 5) is 25.7. The molecule has 27 heavy (non-hydrogen) atoms. The first-order valence-electron chi connectivity index (χ1n) is 8.47. The van der Waals surface area contributed by atoms with Crippen LogP contribution in [0.2, 0.25) is 0 Å². The summed E-state index contributed by atoms with van der Waals surface area (Å²) < 4.78 is 40.8. The van der Waals surface area contributed by atoms with Crippen LogP contribution in [-0.4, -0.2) is 70.7 Å². The van der Waals surface area contributed by atoms with Gasteiger partial charge in [0.1, 0.15) is 18.1 Å². The summed E-state index contributed by atoms with van der Waals surface area (Å²) in [6.45, 7) is 0.331. The first kappa shape index (κ1) is 19.2. The molecule has 1 fully saturated rings. The minimum Gasteiger partial charge on any atom is -0.353 e. The van der Waals surface area contributed by atoms with Crippen LogP contribution in [0.4, 0.5) is 13.2 Å². The van der Waals surface area contributed by atoms with Crippen LogP contribution in [-0.2, 0) is 11.3 Å². The first-order valence-corrected chi connectivity index (χ1v) is 8.47. The van der Waals surface area contributed by atoms with Gasteiger partial charge in [-0.2, -0.15) is 13.2 Å². The highest BCUT2D eigenvalue weighted by molar-refractivity contribution is 5.78. The molecule has 2 N–H and O–H groups in total. The molecule has 0 saturated carbocycles. The molecule has 3 rings (SSSR count). The Hall–Kier alpha value is -2.53. The Labute approximate surface area is 152 Å². The second-order valence-electron chi connectivity index (χ2n) is 6.22. The highest BCUT2D eigenvalue weighted by Crippen LogP contribution is 2.24. The van der Waals surface area contributed by atoms with Gasteiger partial charge in [0.2, 0.25) is 5.91 Å². The first-order chi connectivity index (χ1) is 12.9. The van der Waals surface area contributed by atoms with E-state index in [1.807, 2.05) is 0 Å². The van der Waals surface area contributed by atoms with E-state index < -0.39 is 36.8 Å². The summed E-state index contributed by atoms with van der Waals surface area (Å²) in [5.41, 5.74) is -0.139. The fraction of sp³-hybridized carbons (Fsp3) is 0.500. The molecule has 1 unspecified atom stereocenters. The molecule has 0 spiro atoms. The number of piperazine rings is 1. The average Bonchev–Trinajstić information content (AvgIpc) is 2.64. The van der Waals surface area contributed by atoms with E-state index in [4.69, 9.17) is 0 Å². The SMILES string of the molecule is O=C(Cn1nnc2ccccc2c1=O)NCC(N1CCNCC1)C(F)(F)F. The van der Waals surface area contributed by atoms with Gasteiger partial charge in [0.25, 0.3) is 5.56 Å². The molecular formula is C16H19F3N6O2. The third-order valence-electron chi connectivity index (χ3n) is 4.39.